The lowest BCUT2D eigenvalue weighted by molar-refractivity contribution is 0.0921. The van der Waals surface area contributed by atoms with E-state index in [1.165, 1.54) is 30.0 Å². The molecule has 0 aliphatic rings. The number of likely N-dealkylation sites (N-methyl/N-ethyl adjacent to an activating group) is 1. The monoisotopic (exact) mass is 412 g/mol. The zero-order valence-corrected chi connectivity index (χ0v) is 17.1. The third-order valence-electron chi connectivity index (χ3n) is 4.48. The summed E-state index contributed by atoms with van der Waals surface area (Å²) in [5, 5.41) is 2.80. The number of carbonyl (C=O) groups is 1. The number of sulfone groups is 1. The van der Waals surface area contributed by atoms with Gasteiger partial charge in [-0.1, -0.05) is 48.5 Å². The van der Waals surface area contributed by atoms with Gasteiger partial charge < -0.3 is 14.6 Å². The molecule has 1 N–H and O–H groups in total. The Morgan fingerprint density at radius 1 is 1.00 bits per heavy atom. The Hall–Kier alpha value is -2.90. The summed E-state index contributed by atoms with van der Waals surface area (Å²) in [4.78, 5) is 14.8. The van der Waals surface area contributed by atoms with Gasteiger partial charge in [0.05, 0.1) is 16.9 Å². The summed E-state index contributed by atoms with van der Waals surface area (Å²) >= 11 is 0. The lowest BCUT2D eigenvalue weighted by atomic mass is 10.2. The molecule has 152 valence electrons. The highest BCUT2D eigenvalue weighted by Gasteiger charge is 2.22. The van der Waals surface area contributed by atoms with Crippen molar-refractivity contribution in [3.8, 4) is 0 Å². The Balaban J connectivity index is 1.55. The van der Waals surface area contributed by atoms with Gasteiger partial charge in [-0.25, -0.2) is 8.42 Å². The van der Waals surface area contributed by atoms with E-state index in [0.29, 0.717) is 18.7 Å². The Morgan fingerprint density at radius 3 is 2.34 bits per heavy atom. The average molecular weight is 413 g/mol. The van der Waals surface area contributed by atoms with Crippen molar-refractivity contribution in [3.63, 3.8) is 0 Å². The summed E-state index contributed by atoms with van der Waals surface area (Å²) in [6, 6.07) is 19.8. The first-order chi connectivity index (χ1) is 14.0. The molecule has 0 aliphatic carbocycles. The van der Waals surface area contributed by atoms with Crippen LogP contribution < -0.4 is 5.32 Å². The standard InChI is InChI=1S/C22H24N2O4S/c1-24(16-18-8-4-2-5-9-18)14-13-23-22(25)21-19(12-15-28-21)17-29(26,27)20-10-6-3-7-11-20/h2-12,15H,13-14,16-17H2,1H3,(H,23,25). The van der Waals surface area contributed by atoms with Crippen molar-refractivity contribution in [1.29, 1.82) is 0 Å². The minimum absolute atomic E-state index is 0.0372. The molecule has 1 amide bonds. The highest BCUT2D eigenvalue weighted by Crippen LogP contribution is 2.19. The van der Waals surface area contributed by atoms with Crippen LogP contribution >= 0.6 is 0 Å². The van der Waals surface area contributed by atoms with E-state index in [4.69, 9.17) is 4.42 Å². The Kier molecular flexibility index (Phi) is 6.85. The lowest BCUT2D eigenvalue weighted by Crippen LogP contribution is -2.33. The number of amides is 1. The van der Waals surface area contributed by atoms with Gasteiger partial charge in [-0.05, 0) is 30.8 Å². The van der Waals surface area contributed by atoms with Crippen LogP contribution in [0.2, 0.25) is 0 Å². The van der Waals surface area contributed by atoms with Crippen LogP contribution in [0.15, 0.2) is 82.3 Å². The summed E-state index contributed by atoms with van der Waals surface area (Å²) in [6.07, 6.45) is 1.34. The molecule has 0 radical (unpaired) electrons. The third kappa shape index (κ3) is 5.79. The number of hydrogen-bond donors (Lipinski definition) is 1. The predicted octanol–water partition coefficient (Wildman–Crippen LogP) is 3.12. The van der Waals surface area contributed by atoms with Gasteiger partial charge in [0.25, 0.3) is 5.91 Å². The molecule has 29 heavy (non-hydrogen) atoms. The van der Waals surface area contributed by atoms with Crippen molar-refractivity contribution in [2.75, 3.05) is 20.1 Å². The van der Waals surface area contributed by atoms with Crippen molar-refractivity contribution >= 4 is 15.7 Å². The molecule has 0 aliphatic heterocycles. The molecule has 1 aromatic heterocycles. The molecule has 0 unspecified atom stereocenters. The molecule has 3 rings (SSSR count). The van der Waals surface area contributed by atoms with Crippen LogP contribution in [0.3, 0.4) is 0 Å². The molecule has 0 fully saturated rings. The van der Waals surface area contributed by atoms with Gasteiger partial charge in [-0.2, -0.15) is 0 Å². The zero-order valence-electron chi connectivity index (χ0n) is 16.2. The van der Waals surface area contributed by atoms with Gasteiger partial charge in [-0.15, -0.1) is 0 Å². The summed E-state index contributed by atoms with van der Waals surface area (Å²) < 4.78 is 30.4. The number of nitrogens with one attached hydrogen (secondary N) is 1. The summed E-state index contributed by atoms with van der Waals surface area (Å²) in [5.41, 5.74) is 1.55. The molecule has 7 heteroatoms. The Labute approximate surface area is 171 Å². The third-order valence-corrected chi connectivity index (χ3v) is 6.16. The van der Waals surface area contributed by atoms with Crippen molar-refractivity contribution in [2.24, 2.45) is 0 Å². The quantitative estimate of drug-likeness (QED) is 0.584. The van der Waals surface area contributed by atoms with Crippen LogP contribution in [-0.2, 0) is 22.1 Å². The Bertz CT molecular complexity index is 1030. The van der Waals surface area contributed by atoms with Gasteiger partial charge in [0, 0.05) is 25.2 Å². The van der Waals surface area contributed by atoms with E-state index in [1.807, 2.05) is 25.2 Å². The molecule has 1 heterocycles. The lowest BCUT2D eigenvalue weighted by Gasteiger charge is -2.16. The van der Waals surface area contributed by atoms with Crippen LogP contribution in [0, 0.1) is 0 Å². The molecule has 0 bridgehead atoms. The second-order valence-corrected chi connectivity index (χ2v) is 8.82. The highest BCUT2D eigenvalue weighted by atomic mass is 32.2. The maximum atomic E-state index is 12.6. The largest absolute Gasteiger partial charge is 0.459 e. The Morgan fingerprint density at radius 2 is 1.66 bits per heavy atom. The second kappa shape index (κ2) is 9.54. The van der Waals surface area contributed by atoms with E-state index in [2.05, 4.69) is 22.3 Å². The molecular weight excluding hydrogens is 388 g/mol. The zero-order chi connectivity index (χ0) is 20.7. The van der Waals surface area contributed by atoms with E-state index in [1.54, 1.807) is 18.2 Å². The summed E-state index contributed by atoms with van der Waals surface area (Å²) in [7, 11) is -1.58. The fourth-order valence-electron chi connectivity index (χ4n) is 2.98. The first-order valence-corrected chi connectivity index (χ1v) is 11.0. The van der Waals surface area contributed by atoms with Gasteiger partial charge in [0.1, 0.15) is 0 Å². The average Bonchev–Trinajstić information content (AvgIpc) is 3.17. The van der Waals surface area contributed by atoms with Crippen LogP contribution in [-0.4, -0.2) is 39.4 Å². The molecule has 0 saturated heterocycles. The molecule has 0 spiro atoms. The summed E-state index contributed by atoms with van der Waals surface area (Å²) in [6.45, 7) is 1.85. The minimum atomic E-state index is -3.56. The fraction of sp³-hybridized carbons (Fsp3) is 0.227. The number of carbonyl (C=O) groups excluding carboxylic acids is 1. The van der Waals surface area contributed by atoms with Gasteiger partial charge in [0.15, 0.2) is 15.6 Å². The normalized spacial score (nSPS) is 11.5. The van der Waals surface area contributed by atoms with Crippen LogP contribution in [0.1, 0.15) is 21.7 Å². The number of furan rings is 1. The SMILES string of the molecule is CN(CCNC(=O)c1occc1CS(=O)(=O)c1ccccc1)Cc1ccccc1. The van der Waals surface area contributed by atoms with Crippen molar-refractivity contribution < 1.29 is 17.6 Å². The highest BCUT2D eigenvalue weighted by molar-refractivity contribution is 7.90. The first kappa shape index (κ1) is 20.8. The van der Waals surface area contributed by atoms with E-state index in [0.717, 1.165) is 6.54 Å². The maximum Gasteiger partial charge on any atom is 0.287 e. The van der Waals surface area contributed by atoms with E-state index in [-0.39, 0.29) is 16.4 Å². The molecule has 0 saturated carbocycles. The fourth-order valence-corrected chi connectivity index (χ4v) is 4.35. The topological polar surface area (TPSA) is 79.6 Å². The molecule has 2 aromatic carbocycles. The minimum Gasteiger partial charge on any atom is -0.459 e. The van der Waals surface area contributed by atoms with Gasteiger partial charge in [0.2, 0.25) is 0 Å². The van der Waals surface area contributed by atoms with Crippen LogP contribution in [0.5, 0.6) is 0 Å². The number of benzene rings is 2. The van der Waals surface area contributed by atoms with Gasteiger partial charge >= 0.3 is 0 Å². The van der Waals surface area contributed by atoms with Crippen LogP contribution in [0.4, 0.5) is 0 Å². The summed E-state index contributed by atoms with van der Waals surface area (Å²) in [5.74, 6) is -0.666. The molecule has 3 aromatic rings. The number of nitrogens with zero attached hydrogens (tertiary/aromatic N) is 1. The molecule has 0 atom stereocenters. The van der Waals surface area contributed by atoms with E-state index >= 15 is 0 Å². The van der Waals surface area contributed by atoms with Crippen molar-refractivity contribution in [1.82, 2.24) is 10.2 Å². The van der Waals surface area contributed by atoms with Crippen molar-refractivity contribution in [2.45, 2.75) is 17.2 Å². The van der Waals surface area contributed by atoms with Gasteiger partial charge in [-0.3, -0.25) is 4.79 Å². The maximum absolute atomic E-state index is 12.6. The number of rotatable bonds is 9. The first-order valence-electron chi connectivity index (χ1n) is 9.30. The second-order valence-electron chi connectivity index (χ2n) is 6.83. The number of hydrogen-bond acceptors (Lipinski definition) is 5. The van der Waals surface area contributed by atoms with Crippen molar-refractivity contribution in [3.05, 3.63) is 89.9 Å². The molecular formula is C22H24N2O4S. The smallest absolute Gasteiger partial charge is 0.287 e. The van der Waals surface area contributed by atoms with E-state index < -0.39 is 15.7 Å². The predicted molar refractivity (Wildman–Crippen MR) is 111 cm³/mol. The molecule has 6 nitrogen and oxygen atoms in total. The van der Waals surface area contributed by atoms with E-state index in [9.17, 15) is 13.2 Å². The van der Waals surface area contributed by atoms with Crippen LogP contribution in [0.25, 0.3) is 0 Å².